The molecule has 244 valence electrons. The lowest BCUT2D eigenvalue weighted by molar-refractivity contribution is 0.101. The van der Waals surface area contributed by atoms with Gasteiger partial charge in [0.05, 0.1) is 39.2 Å². The quantitative estimate of drug-likeness (QED) is 0.0959. The van der Waals surface area contributed by atoms with Crippen molar-refractivity contribution in [2.75, 3.05) is 33.5 Å². The Morgan fingerprint density at radius 1 is 0.783 bits per heavy atom. The summed E-state index contributed by atoms with van der Waals surface area (Å²) in [6.45, 7) is 6.59. The lowest BCUT2D eigenvalue weighted by Crippen LogP contribution is -2.06. The summed E-state index contributed by atoms with van der Waals surface area (Å²) in [6, 6.07) is 17.8. The maximum Gasteiger partial charge on any atom is 0.530 e. The number of aromatic amines is 1. The van der Waals surface area contributed by atoms with E-state index >= 15 is 0 Å². The Morgan fingerprint density at radius 3 is 2.02 bits per heavy atom. The van der Waals surface area contributed by atoms with Crippen molar-refractivity contribution in [2.45, 2.75) is 27.7 Å². The van der Waals surface area contributed by atoms with Gasteiger partial charge in [-0.2, -0.15) is 0 Å². The molecule has 0 amide bonds. The number of Topliss-reactive ketones (excluding diaryl/α,β-unsaturated/α-hetero) is 1. The molecule has 0 spiro atoms. The van der Waals surface area contributed by atoms with E-state index in [1.54, 1.807) is 40.9 Å². The predicted molar refractivity (Wildman–Crippen MR) is 173 cm³/mol. The van der Waals surface area contributed by atoms with Gasteiger partial charge in [0.25, 0.3) is 0 Å². The molecule has 0 fully saturated rings. The van der Waals surface area contributed by atoms with Gasteiger partial charge in [-0.15, -0.1) is 0 Å². The third-order valence-electron chi connectivity index (χ3n) is 6.67. The van der Waals surface area contributed by atoms with E-state index < -0.39 is 21.4 Å². The molecule has 0 saturated carbocycles. The monoisotopic (exact) mass is 671 g/mol. The topological polar surface area (TPSA) is 141 Å². The molecule has 5 rings (SSSR count). The Morgan fingerprint density at radius 2 is 1.41 bits per heavy atom. The number of allylic oxidation sites excluding steroid dienone is 1. The Labute approximate surface area is 266 Å². The molecule has 0 radical (unpaired) electrons. The van der Waals surface area contributed by atoms with Crippen molar-refractivity contribution in [3.63, 3.8) is 0 Å². The molecule has 1 aliphatic heterocycles. The van der Waals surface area contributed by atoms with Crippen molar-refractivity contribution in [1.29, 1.82) is 0 Å². The van der Waals surface area contributed by atoms with E-state index in [2.05, 4.69) is 4.98 Å². The van der Waals surface area contributed by atoms with Crippen LogP contribution in [0.1, 0.15) is 43.6 Å². The van der Waals surface area contributed by atoms with Gasteiger partial charge in [0, 0.05) is 28.6 Å². The Balaban J connectivity index is 1.65. The number of hydrogen-bond acceptors (Lipinski definition) is 11. The van der Waals surface area contributed by atoms with Crippen LogP contribution in [0.5, 0.6) is 23.0 Å². The molecule has 0 saturated heterocycles. The molecule has 0 bridgehead atoms. The minimum Gasteiger partial charge on any atom is -0.497 e. The number of carbonyl (C=O) groups excluding carboxylic acids is 1. The standard InChI is InChI=1S/C32H35NO11P2/c1-6-38-45(35,39-7-2)43-23-18-27-30(28(19-23)44-46(36,40-8-3)41-9-4)32(34)29(42-27)20-25-24-17-22(37-5)15-16-26(24)33-31(25)21-13-11-10-12-14-21/h10-20,33H,6-9H2,1-5H3/b29-20-. The van der Waals surface area contributed by atoms with Crippen LogP contribution in [0.2, 0.25) is 0 Å². The molecule has 0 aliphatic carbocycles. The second kappa shape index (κ2) is 14.3. The molecule has 1 aromatic heterocycles. The summed E-state index contributed by atoms with van der Waals surface area (Å²) in [7, 11) is -6.70. The summed E-state index contributed by atoms with van der Waals surface area (Å²) in [4.78, 5) is 17.5. The van der Waals surface area contributed by atoms with E-state index in [-0.39, 0.29) is 55.0 Å². The first kappa shape index (κ1) is 33.5. The number of methoxy groups -OCH3 is 1. The minimum absolute atomic E-state index is 0.00141. The Hall–Kier alpha value is -3.89. The number of aromatic nitrogens is 1. The molecule has 1 N–H and O–H groups in total. The number of hydrogen-bond donors (Lipinski definition) is 1. The summed E-state index contributed by atoms with van der Waals surface area (Å²) in [5, 5.41) is 0.783. The van der Waals surface area contributed by atoms with Gasteiger partial charge in [-0.3, -0.25) is 22.9 Å². The second-order valence-electron chi connectivity index (χ2n) is 9.67. The Kier molecular flexibility index (Phi) is 10.4. The van der Waals surface area contributed by atoms with E-state index in [1.165, 1.54) is 12.1 Å². The van der Waals surface area contributed by atoms with Crippen molar-refractivity contribution in [3.05, 3.63) is 77.5 Å². The molecule has 4 aromatic rings. The predicted octanol–water partition coefficient (Wildman–Crippen LogP) is 8.58. The molecular weight excluding hydrogens is 636 g/mol. The van der Waals surface area contributed by atoms with Gasteiger partial charge in [-0.1, -0.05) is 30.3 Å². The lowest BCUT2D eigenvalue weighted by atomic mass is 10.0. The zero-order chi connectivity index (χ0) is 32.9. The van der Waals surface area contributed by atoms with E-state index in [4.69, 9.17) is 36.6 Å². The molecular formula is C32H35NO11P2. The van der Waals surface area contributed by atoms with Crippen LogP contribution in [0, 0.1) is 0 Å². The largest absolute Gasteiger partial charge is 0.530 e. The highest BCUT2D eigenvalue weighted by Gasteiger charge is 2.38. The first-order valence-electron chi connectivity index (χ1n) is 14.7. The first-order valence-corrected chi connectivity index (χ1v) is 17.6. The second-order valence-corrected chi connectivity index (χ2v) is 12.9. The van der Waals surface area contributed by atoms with Crippen molar-refractivity contribution >= 4 is 38.4 Å². The van der Waals surface area contributed by atoms with Gasteiger partial charge in [-0.05, 0) is 57.5 Å². The minimum atomic E-state index is -4.20. The van der Waals surface area contributed by atoms with Crippen LogP contribution in [0.15, 0.2) is 66.4 Å². The molecule has 14 heteroatoms. The zero-order valence-corrected chi connectivity index (χ0v) is 27.9. The average Bonchev–Trinajstić information content (AvgIpc) is 3.54. The molecule has 3 aromatic carbocycles. The fourth-order valence-corrected chi connectivity index (χ4v) is 7.25. The zero-order valence-electron chi connectivity index (χ0n) is 26.1. The number of phosphoric acid groups is 2. The number of rotatable bonds is 15. The van der Waals surface area contributed by atoms with Crippen LogP contribution in [-0.4, -0.2) is 44.3 Å². The summed E-state index contributed by atoms with van der Waals surface area (Å²) in [5.74, 6) is -0.310. The van der Waals surface area contributed by atoms with Crippen LogP contribution in [0.3, 0.4) is 0 Å². The fourth-order valence-electron chi connectivity index (χ4n) is 4.87. The number of nitrogens with one attached hydrogen (secondary N) is 1. The number of ether oxygens (including phenoxy) is 2. The summed E-state index contributed by atoms with van der Waals surface area (Å²) in [6.07, 6.45) is 1.61. The number of benzene rings is 3. The highest BCUT2D eigenvalue weighted by molar-refractivity contribution is 7.49. The Bertz CT molecular complexity index is 1830. The van der Waals surface area contributed by atoms with Crippen LogP contribution < -0.4 is 18.5 Å². The van der Waals surface area contributed by atoms with E-state index in [1.807, 2.05) is 48.5 Å². The highest BCUT2D eigenvalue weighted by atomic mass is 31.2. The van der Waals surface area contributed by atoms with E-state index in [9.17, 15) is 13.9 Å². The molecule has 0 atom stereocenters. The van der Waals surface area contributed by atoms with E-state index in [0.717, 1.165) is 22.2 Å². The average molecular weight is 672 g/mol. The maximum atomic E-state index is 14.0. The van der Waals surface area contributed by atoms with Crippen LogP contribution in [-0.2, 0) is 27.2 Å². The molecule has 0 unspecified atom stereocenters. The van der Waals surface area contributed by atoms with Crippen molar-refractivity contribution < 1.29 is 50.5 Å². The molecule has 2 heterocycles. The first-order chi connectivity index (χ1) is 22.2. The number of phosphoric ester groups is 2. The van der Waals surface area contributed by atoms with Crippen LogP contribution in [0.4, 0.5) is 0 Å². The maximum absolute atomic E-state index is 14.0. The van der Waals surface area contributed by atoms with Gasteiger partial charge in [0.15, 0.2) is 5.76 Å². The fraction of sp³-hybridized carbons (Fsp3) is 0.281. The van der Waals surface area contributed by atoms with Gasteiger partial charge in [0.2, 0.25) is 5.78 Å². The molecule has 1 aliphatic rings. The smallest absolute Gasteiger partial charge is 0.497 e. The summed E-state index contributed by atoms with van der Waals surface area (Å²) in [5.41, 5.74) is 3.05. The van der Waals surface area contributed by atoms with Crippen molar-refractivity contribution in [3.8, 4) is 34.3 Å². The van der Waals surface area contributed by atoms with Gasteiger partial charge >= 0.3 is 15.6 Å². The van der Waals surface area contributed by atoms with Crippen LogP contribution >= 0.6 is 15.6 Å². The summed E-state index contributed by atoms with van der Waals surface area (Å²) >= 11 is 0. The number of H-pyrrole nitrogens is 1. The highest BCUT2D eigenvalue weighted by Crippen LogP contribution is 2.56. The SMILES string of the molecule is CCOP(=O)(OCC)Oc1cc2c(c(OP(=O)(OCC)OCC)c1)C(=O)/C(=C/c1c(-c3ccccc3)[nH]c3ccc(OC)cc13)O2. The molecule has 46 heavy (non-hydrogen) atoms. The van der Waals surface area contributed by atoms with E-state index in [0.29, 0.717) is 11.3 Å². The summed E-state index contributed by atoms with van der Waals surface area (Å²) < 4.78 is 70.8. The van der Waals surface area contributed by atoms with Gasteiger partial charge in [0.1, 0.15) is 28.6 Å². The normalized spacial score (nSPS) is 14.0. The number of carbonyl (C=O) groups is 1. The van der Waals surface area contributed by atoms with Crippen molar-refractivity contribution in [2.24, 2.45) is 0 Å². The van der Waals surface area contributed by atoms with Crippen molar-refractivity contribution in [1.82, 2.24) is 4.98 Å². The van der Waals surface area contributed by atoms with Gasteiger partial charge < -0.3 is 23.5 Å². The lowest BCUT2D eigenvalue weighted by Gasteiger charge is -2.20. The molecule has 12 nitrogen and oxygen atoms in total. The number of ketones is 1. The third-order valence-corrected chi connectivity index (χ3v) is 9.82. The number of fused-ring (bicyclic) bond motifs is 2. The van der Waals surface area contributed by atoms with Crippen LogP contribution in [0.25, 0.3) is 28.2 Å². The third kappa shape index (κ3) is 7.08. The van der Waals surface area contributed by atoms with Gasteiger partial charge in [-0.25, -0.2) is 9.13 Å².